The van der Waals surface area contributed by atoms with Gasteiger partial charge in [0, 0.05) is 22.8 Å². The van der Waals surface area contributed by atoms with Gasteiger partial charge in [-0.05, 0) is 25.1 Å². The lowest BCUT2D eigenvalue weighted by atomic mass is 10.3. The second kappa shape index (κ2) is 5.34. The van der Waals surface area contributed by atoms with Gasteiger partial charge in [-0.1, -0.05) is 15.9 Å². The number of hydrogen-bond acceptors (Lipinski definition) is 4. The van der Waals surface area contributed by atoms with Crippen molar-refractivity contribution in [2.45, 2.75) is 24.1 Å². The molecule has 2 rings (SSSR count). The molecular formula is C12H14BrN3O2S. The van der Waals surface area contributed by atoms with Crippen LogP contribution in [-0.2, 0) is 22.1 Å². The molecule has 0 aliphatic rings. The Balaban J connectivity index is 2.34. The van der Waals surface area contributed by atoms with Gasteiger partial charge < -0.3 is 5.73 Å². The third-order valence-electron chi connectivity index (χ3n) is 2.68. The van der Waals surface area contributed by atoms with Crippen LogP contribution in [-0.4, -0.2) is 18.2 Å². The number of halogens is 1. The Morgan fingerprint density at radius 2 is 2.16 bits per heavy atom. The first kappa shape index (κ1) is 14.1. The Hall–Kier alpha value is -1.34. The zero-order valence-electron chi connectivity index (χ0n) is 10.4. The summed E-state index contributed by atoms with van der Waals surface area (Å²) in [5.74, 6) is -0.104. The molecule has 0 aliphatic carbocycles. The standard InChI is InChI=1S/C12H14BrN3O2S/c1-2-16-7-9(6-15-16)8-19(17,18)12-5-10(13)3-4-11(12)14/h3-7H,2,8,14H2,1H3. The third-order valence-corrected chi connectivity index (χ3v) is 4.91. The fraction of sp³-hybridized carbons (Fsp3) is 0.250. The van der Waals surface area contributed by atoms with E-state index < -0.39 is 9.84 Å². The van der Waals surface area contributed by atoms with Crippen molar-refractivity contribution in [3.05, 3.63) is 40.6 Å². The van der Waals surface area contributed by atoms with Gasteiger partial charge in [0.2, 0.25) is 0 Å². The smallest absolute Gasteiger partial charge is 0.184 e. The van der Waals surface area contributed by atoms with Gasteiger partial charge in [-0.25, -0.2) is 8.42 Å². The summed E-state index contributed by atoms with van der Waals surface area (Å²) in [5, 5.41) is 4.06. The number of benzene rings is 1. The van der Waals surface area contributed by atoms with Gasteiger partial charge in [-0.3, -0.25) is 4.68 Å². The van der Waals surface area contributed by atoms with E-state index in [1.165, 1.54) is 6.07 Å². The van der Waals surface area contributed by atoms with Gasteiger partial charge >= 0.3 is 0 Å². The molecule has 0 aliphatic heterocycles. The van der Waals surface area contributed by atoms with Crippen LogP contribution in [0.25, 0.3) is 0 Å². The maximum absolute atomic E-state index is 12.3. The van der Waals surface area contributed by atoms with E-state index in [-0.39, 0.29) is 16.3 Å². The van der Waals surface area contributed by atoms with Gasteiger partial charge in [-0.2, -0.15) is 5.10 Å². The Morgan fingerprint density at radius 3 is 2.79 bits per heavy atom. The fourth-order valence-corrected chi connectivity index (χ4v) is 3.72. The summed E-state index contributed by atoms with van der Waals surface area (Å²) in [5.41, 5.74) is 6.65. The van der Waals surface area contributed by atoms with Gasteiger partial charge in [0.25, 0.3) is 0 Å². The predicted octanol–water partition coefficient (Wildman–Crippen LogP) is 2.22. The molecule has 0 amide bonds. The molecule has 0 unspecified atom stereocenters. The molecule has 0 saturated heterocycles. The monoisotopic (exact) mass is 343 g/mol. The van der Waals surface area contributed by atoms with Crippen LogP contribution in [0, 0.1) is 0 Å². The van der Waals surface area contributed by atoms with E-state index in [0.717, 1.165) is 0 Å². The Bertz CT molecular complexity index is 695. The molecule has 7 heteroatoms. The van der Waals surface area contributed by atoms with Crippen molar-refractivity contribution in [3.63, 3.8) is 0 Å². The van der Waals surface area contributed by atoms with Crippen molar-refractivity contribution in [1.29, 1.82) is 0 Å². The lowest BCUT2D eigenvalue weighted by Gasteiger charge is -2.07. The summed E-state index contributed by atoms with van der Waals surface area (Å²) < 4.78 is 27.0. The number of aromatic nitrogens is 2. The minimum atomic E-state index is -3.47. The van der Waals surface area contributed by atoms with Crippen LogP contribution in [0.15, 0.2) is 40.0 Å². The quantitative estimate of drug-likeness (QED) is 0.863. The second-order valence-corrected chi connectivity index (χ2v) is 7.02. The van der Waals surface area contributed by atoms with E-state index in [4.69, 9.17) is 5.73 Å². The molecule has 5 nitrogen and oxygen atoms in total. The topological polar surface area (TPSA) is 78.0 Å². The summed E-state index contributed by atoms with van der Waals surface area (Å²) in [6, 6.07) is 4.81. The average molecular weight is 344 g/mol. The zero-order chi connectivity index (χ0) is 14.0. The first-order valence-electron chi connectivity index (χ1n) is 5.71. The maximum atomic E-state index is 12.3. The van der Waals surface area contributed by atoms with Crippen molar-refractivity contribution in [2.24, 2.45) is 0 Å². The number of nitrogens with zero attached hydrogens (tertiary/aromatic N) is 2. The van der Waals surface area contributed by atoms with Gasteiger partial charge in [0.05, 0.1) is 22.5 Å². The van der Waals surface area contributed by atoms with Crippen molar-refractivity contribution < 1.29 is 8.42 Å². The highest BCUT2D eigenvalue weighted by molar-refractivity contribution is 9.10. The van der Waals surface area contributed by atoms with E-state index in [0.29, 0.717) is 16.6 Å². The summed E-state index contributed by atoms with van der Waals surface area (Å²) in [6.07, 6.45) is 3.29. The normalized spacial score (nSPS) is 11.7. The SMILES string of the molecule is CCn1cc(CS(=O)(=O)c2cc(Br)ccc2N)cn1. The average Bonchev–Trinajstić information content (AvgIpc) is 2.79. The van der Waals surface area contributed by atoms with Crippen molar-refractivity contribution in [1.82, 2.24) is 9.78 Å². The van der Waals surface area contributed by atoms with Crippen LogP contribution >= 0.6 is 15.9 Å². The molecular weight excluding hydrogens is 330 g/mol. The molecule has 0 radical (unpaired) electrons. The van der Waals surface area contributed by atoms with Crippen LogP contribution in [0.1, 0.15) is 12.5 Å². The zero-order valence-corrected chi connectivity index (χ0v) is 12.8. The highest BCUT2D eigenvalue weighted by Gasteiger charge is 2.19. The van der Waals surface area contributed by atoms with E-state index >= 15 is 0 Å². The highest BCUT2D eigenvalue weighted by Crippen LogP contribution is 2.25. The molecule has 0 fully saturated rings. The minimum absolute atomic E-state index is 0.104. The van der Waals surface area contributed by atoms with E-state index in [1.54, 1.807) is 29.2 Å². The molecule has 19 heavy (non-hydrogen) atoms. The summed E-state index contributed by atoms with van der Waals surface area (Å²) in [4.78, 5) is 0.145. The van der Waals surface area contributed by atoms with Crippen LogP contribution in [0.4, 0.5) is 5.69 Å². The molecule has 1 heterocycles. The molecule has 0 saturated carbocycles. The van der Waals surface area contributed by atoms with Gasteiger partial charge in [0.1, 0.15) is 0 Å². The first-order valence-corrected chi connectivity index (χ1v) is 8.16. The number of sulfone groups is 1. The summed E-state index contributed by atoms with van der Waals surface area (Å²) in [6.45, 7) is 2.65. The van der Waals surface area contributed by atoms with Crippen molar-refractivity contribution in [3.8, 4) is 0 Å². The second-order valence-electron chi connectivity index (χ2n) is 4.15. The molecule has 0 atom stereocenters. The number of anilines is 1. The fourth-order valence-electron chi connectivity index (χ4n) is 1.73. The molecule has 102 valence electrons. The van der Waals surface area contributed by atoms with Crippen LogP contribution in [0.3, 0.4) is 0 Å². The number of nitrogens with two attached hydrogens (primary N) is 1. The van der Waals surface area contributed by atoms with Gasteiger partial charge in [-0.15, -0.1) is 0 Å². The number of aryl methyl sites for hydroxylation is 1. The van der Waals surface area contributed by atoms with Crippen molar-refractivity contribution in [2.75, 3.05) is 5.73 Å². The van der Waals surface area contributed by atoms with Crippen molar-refractivity contribution >= 4 is 31.5 Å². The van der Waals surface area contributed by atoms with Crippen LogP contribution < -0.4 is 5.73 Å². The first-order chi connectivity index (χ1) is 8.92. The minimum Gasteiger partial charge on any atom is -0.398 e. The van der Waals surface area contributed by atoms with E-state index in [9.17, 15) is 8.42 Å². The highest BCUT2D eigenvalue weighted by atomic mass is 79.9. The Kier molecular flexibility index (Phi) is 3.96. The summed E-state index contributed by atoms with van der Waals surface area (Å²) >= 11 is 3.25. The molecule has 2 aromatic rings. The largest absolute Gasteiger partial charge is 0.398 e. The molecule has 0 bridgehead atoms. The molecule has 2 N–H and O–H groups in total. The van der Waals surface area contributed by atoms with Crippen LogP contribution in [0.2, 0.25) is 0 Å². The maximum Gasteiger partial charge on any atom is 0.184 e. The number of hydrogen-bond donors (Lipinski definition) is 1. The van der Waals surface area contributed by atoms with E-state index in [2.05, 4.69) is 21.0 Å². The lowest BCUT2D eigenvalue weighted by Crippen LogP contribution is -2.07. The molecule has 1 aromatic heterocycles. The van der Waals surface area contributed by atoms with Crippen LogP contribution in [0.5, 0.6) is 0 Å². The molecule has 0 spiro atoms. The number of rotatable bonds is 4. The predicted molar refractivity (Wildman–Crippen MR) is 77.3 cm³/mol. The lowest BCUT2D eigenvalue weighted by molar-refractivity contribution is 0.595. The van der Waals surface area contributed by atoms with E-state index in [1.807, 2.05) is 6.92 Å². The molecule has 1 aromatic carbocycles. The Labute approximate surface area is 120 Å². The number of nitrogen functional groups attached to an aromatic ring is 1. The van der Waals surface area contributed by atoms with Gasteiger partial charge in [0.15, 0.2) is 9.84 Å². The summed E-state index contributed by atoms with van der Waals surface area (Å²) in [7, 11) is -3.47. The Morgan fingerprint density at radius 1 is 1.42 bits per heavy atom. The third kappa shape index (κ3) is 3.16.